The van der Waals surface area contributed by atoms with E-state index < -0.39 is 0 Å². The standard InChI is InChI=1S/C20H20ClN3O3/c1-4-12-6-7-13(5-2)15(10-12)18-19(24-27-23-18)22-20(25)14-8-9-17(26-3)16(21)11-14/h6-11H,4-5H2,1-3H3,(H,22,24,25). The van der Waals surface area contributed by atoms with Crippen LogP contribution in [-0.2, 0) is 12.8 Å². The van der Waals surface area contributed by atoms with E-state index in [1.165, 1.54) is 18.7 Å². The van der Waals surface area contributed by atoms with Crippen LogP contribution in [0, 0.1) is 0 Å². The molecule has 0 bridgehead atoms. The molecule has 3 rings (SSSR count). The Morgan fingerprint density at radius 2 is 1.96 bits per heavy atom. The molecule has 0 unspecified atom stereocenters. The molecule has 0 aliphatic rings. The number of halogens is 1. The van der Waals surface area contributed by atoms with Gasteiger partial charge in [-0.1, -0.05) is 37.6 Å². The Kier molecular flexibility index (Phi) is 5.76. The molecule has 1 heterocycles. The highest BCUT2D eigenvalue weighted by molar-refractivity contribution is 6.32. The van der Waals surface area contributed by atoms with E-state index in [0.29, 0.717) is 22.0 Å². The first kappa shape index (κ1) is 18.9. The molecule has 3 aromatic rings. The van der Waals surface area contributed by atoms with Gasteiger partial charge in [0.05, 0.1) is 12.1 Å². The fourth-order valence-corrected chi connectivity index (χ4v) is 3.06. The van der Waals surface area contributed by atoms with E-state index in [-0.39, 0.29) is 11.7 Å². The average Bonchev–Trinajstić information content (AvgIpc) is 3.15. The lowest BCUT2D eigenvalue weighted by molar-refractivity contribution is 0.102. The van der Waals surface area contributed by atoms with Crippen LogP contribution in [0.15, 0.2) is 41.0 Å². The number of aromatic nitrogens is 2. The van der Waals surface area contributed by atoms with Crippen molar-refractivity contribution in [2.75, 3.05) is 12.4 Å². The van der Waals surface area contributed by atoms with Gasteiger partial charge in [-0.2, -0.15) is 0 Å². The first-order valence-corrected chi connectivity index (χ1v) is 9.04. The Morgan fingerprint density at radius 1 is 1.15 bits per heavy atom. The van der Waals surface area contributed by atoms with Crippen molar-refractivity contribution in [2.24, 2.45) is 0 Å². The van der Waals surface area contributed by atoms with E-state index in [4.69, 9.17) is 21.0 Å². The minimum Gasteiger partial charge on any atom is -0.495 e. The maximum absolute atomic E-state index is 12.6. The van der Waals surface area contributed by atoms with Crippen LogP contribution in [0.1, 0.15) is 35.3 Å². The van der Waals surface area contributed by atoms with Gasteiger partial charge in [-0.25, -0.2) is 4.63 Å². The molecule has 27 heavy (non-hydrogen) atoms. The van der Waals surface area contributed by atoms with Gasteiger partial charge in [-0.15, -0.1) is 0 Å². The van der Waals surface area contributed by atoms with Crippen molar-refractivity contribution >= 4 is 23.3 Å². The maximum Gasteiger partial charge on any atom is 0.257 e. The summed E-state index contributed by atoms with van der Waals surface area (Å²) >= 11 is 6.10. The Bertz CT molecular complexity index is 969. The molecular formula is C20H20ClN3O3. The summed E-state index contributed by atoms with van der Waals surface area (Å²) in [5.41, 5.74) is 4.07. The molecule has 0 saturated carbocycles. The molecule has 0 fully saturated rings. The zero-order valence-electron chi connectivity index (χ0n) is 15.4. The third kappa shape index (κ3) is 3.95. The third-order valence-electron chi connectivity index (χ3n) is 4.35. The predicted octanol–water partition coefficient (Wildman–Crippen LogP) is 4.78. The number of nitrogens with one attached hydrogen (secondary N) is 1. The maximum atomic E-state index is 12.6. The Morgan fingerprint density at radius 3 is 2.63 bits per heavy atom. The zero-order valence-corrected chi connectivity index (χ0v) is 16.1. The summed E-state index contributed by atoms with van der Waals surface area (Å²) in [7, 11) is 1.52. The summed E-state index contributed by atoms with van der Waals surface area (Å²) in [4.78, 5) is 12.6. The largest absolute Gasteiger partial charge is 0.495 e. The molecule has 6 nitrogen and oxygen atoms in total. The molecule has 7 heteroatoms. The second-order valence-corrected chi connectivity index (χ2v) is 6.37. The smallest absolute Gasteiger partial charge is 0.257 e. The lowest BCUT2D eigenvalue weighted by atomic mass is 9.98. The van der Waals surface area contributed by atoms with Crippen LogP contribution < -0.4 is 10.1 Å². The van der Waals surface area contributed by atoms with Crippen LogP contribution >= 0.6 is 11.6 Å². The fraction of sp³-hybridized carbons (Fsp3) is 0.250. The molecule has 0 aliphatic heterocycles. The highest BCUT2D eigenvalue weighted by Crippen LogP contribution is 2.30. The number of carbonyl (C=O) groups excluding carboxylic acids is 1. The fourth-order valence-electron chi connectivity index (χ4n) is 2.81. The summed E-state index contributed by atoms with van der Waals surface area (Å²) in [5.74, 6) is 0.414. The van der Waals surface area contributed by atoms with Gasteiger partial charge in [0, 0.05) is 11.1 Å². The van der Waals surface area contributed by atoms with Crippen molar-refractivity contribution in [2.45, 2.75) is 26.7 Å². The number of carbonyl (C=O) groups is 1. The molecule has 0 spiro atoms. The molecule has 1 N–H and O–H groups in total. The zero-order chi connectivity index (χ0) is 19.4. The summed E-state index contributed by atoms with van der Waals surface area (Å²) in [6.07, 6.45) is 1.72. The molecule has 2 aromatic carbocycles. The van der Waals surface area contributed by atoms with E-state index in [0.717, 1.165) is 24.0 Å². The average molecular weight is 386 g/mol. The van der Waals surface area contributed by atoms with Crippen molar-refractivity contribution < 1.29 is 14.2 Å². The van der Waals surface area contributed by atoms with Gasteiger partial charge < -0.3 is 10.1 Å². The highest BCUT2D eigenvalue weighted by Gasteiger charge is 2.19. The predicted molar refractivity (Wildman–Crippen MR) is 104 cm³/mol. The number of anilines is 1. The third-order valence-corrected chi connectivity index (χ3v) is 4.65. The second kappa shape index (κ2) is 8.22. The molecule has 140 valence electrons. The van der Waals surface area contributed by atoms with Gasteiger partial charge in [-0.05, 0) is 58.5 Å². The number of aryl methyl sites for hydroxylation is 2. The topological polar surface area (TPSA) is 77.3 Å². The molecule has 1 aromatic heterocycles. The Labute approximate surface area is 162 Å². The van der Waals surface area contributed by atoms with Gasteiger partial charge in [0.2, 0.25) is 5.82 Å². The molecular weight excluding hydrogens is 366 g/mol. The first-order chi connectivity index (χ1) is 13.1. The van der Waals surface area contributed by atoms with E-state index in [9.17, 15) is 4.79 Å². The van der Waals surface area contributed by atoms with Crippen LogP contribution in [0.5, 0.6) is 5.75 Å². The van der Waals surface area contributed by atoms with E-state index in [1.54, 1.807) is 12.1 Å². The normalized spacial score (nSPS) is 10.7. The first-order valence-electron chi connectivity index (χ1n) is 8.67. The number of hydrogen-bond acceptors (Lipinski definition) is 5. The van der Waals surface area contributed by atoms with Crippen LogP contribution in [0.3, 0.4) is 0 Å². The lowest BCUT2D eigenvalue weighted by Gasteiger charge is -2.09. The number of nitrogens with zero attached hydrogens (tertiary/aromatic N) is 2. The van der Waals surface area contributed by atoms with Gasteiger partial charge in [0.25, 0.3) is 5.91 Å². The molecule has 0 saturated heterocycles. The summed E-state index contributed by atoms with van der Waals surface area (Å²) < 4.78 is 10.0. The van der Waals surface area contributed by atoms with Crippen LogP contribution in [0.25, 0.3) is 11.3 Å². The van der Waals surface area contributed by atoms with Crippen LogP contribution in [0.2, 0.25) is 5.02 Å². The van der Waals surface area contributed by atoms with Crippen LogP contribution in [0.4, 0.5) is 5.82 Å². The summed E-state index contributed by atoms with van der Waals surface area (Å²) in [6.45, 7) is 4.15. The number of benzene rings is 2. The SMILES string of the molecule is CCc1ccc(CC)c(-c2nonc2NC(=O)c2ccc(OC)c(Cl)c2)c1. The lowest BCUT2D eigenvalue weighted by Crippen LogP contribution is -2.13. The number of rotatable bonds is 6. The van der Waals surface area contributed by atoms with Gasteiger partial charge >= 0.3 is 0 Å². The second-order valence-electron chi connectivity index (χ2n) is 5.96. The van der Waals surface area contributed by atoms with Crippen molar-refractivity contribution in [3.05, 3.63) is 58.1 Å². The quantitative estimate of drug-likeness (QED) is 0.661. The molecule has 1 amide bonds. The Hall–Kier alpha value is -2.86. The van der Waals surface area contributed by atoms with Crippen molar-refractivity contribution in [1.29, 1.82) is 0 Å². The summed E-state index contributed by atoms with van der Waals surface area (Å²) in [5, 5.41) is 11.0. The summed E-state index contributed by atoms with van der Waals surface area (Å²) in [6, 6.07) is 11.0. The number of amides is 1. The minimum absolute atomic E-state index is 0.273. The number of ether oxygens (including phenoxy) is 1. The Balaban J connectivity index is 1.92. The molecule has 0 radical (unpaired) electrons. The highest BCUT2D eigenvalue weighted by atomic mass is 35.5. The van der Waals surface area contributed by atoms with Gasteiger partial charge in [0.1, 0.15) is 5.75 Å². The molecule has 0 aliphatic carbocycles. The van der Waals surface area contributed by atoms with Crippen molar-refractivity contribution in [3.8, 4) is 17.0 Å². The minimum atomic E-state index is -0.360. The van der Waals surface area contributed by atoms with Gasteiger partial charge in [0.15, 0.2) is 5.69 Å². The van der Waals surface area contributed by atoms with Crippen molar-refractivity contribution in [3.63, 3.8) is 0 Å². The van der Waals surface area contributed by atoms with Gasteiger partial charge in [-0.3, -0.25) is 4.79 Å². The number of hydrogen-bond donors (Lipinski definition) is 1. The number of methoxy groups -OCH3 is 1. The molecule has 0 atom stereocenters. The van der Waals surface area contributed by atoms with E-state index in [2.05, 4.69) is 47.7 Å². The monoisotopic (exact) mass is 385 g/mol. The van der Waals surface area contributed by atoms with Crippen molar-refractivity contribution in [1.82, 2.24) is 10.3 Å². The van der Waals surface area contributed by atoms with E-state index >= 15 is 0 Å². The van der Waals surface area contributed by atoms with E-state index in [1.807, 2.05) is 0 Å². The van der Waals surface area contributed by atoms with Crippen LogP contribution in [-0.4, -0.2) is 23.3 Å².